The number of hydrogen-bond donors (Lipinski definition) is 1. The van der Waals surface area contributed by atoms with Crippen molar-refractivity contribution < 1.29 is 14.1 Å². The van der Waals surface area contributed by atoms with Crippen LogP contribution in [0.4, 0.5) is 5.69 Å². The van der Waals surface area contributed by atoms with Crippen molar-refractivity contribution in [2.45, 2.75) is 45.8 Å². The minimum absolute atomic E-state index is 0.107. The Morgan fingerprint density at radius 2 is 1.63 bits per heavy atom. The lowest BCUT2D eigenvalue weighted by molar-refractivity contribution is -0.114. The zero-order valence-corrected chi connectivity index (χ0v) is 12.1. The van der Waals surface area contributed by atoms with E-state index in [1.54, 1.807) is 0 Å². The van der Waals surface area contributed by atoms with E-state index in [0.29, 0.717) is 0 Å². The third-order valence-corrected chi connectivity index (χ3v) is 3.78. The normalized spacial score (nSPS) is 20.4. The SMILES string of the molecule is CC(=O)Nc1ccccc1B1OC(C)(C)C(C)(C)O1. The van der Waals surface area contributed by atoms with Crippen LogP contribution in [0.2, 0.25) is 0 Å². The summed E-state index contributed by atoms with van der Waals surface area (Å²) in [4.78, 5) is 11.2. The Bertz CT molecular complexity index is 483. The lowest BCUT2D eigenvalue weighted by Crippen LogP contribution is -2.41. The number of carbonyl (C=O) groups is 1. The van der Waals surface area contributed by atoms with Crippen molar-refractivity contribution in [2.75, 3.05) is 5.32 Å². The summed E-state index contributed by atoms with van der Waals surface area (Å²) in [5.74, 6) is -0.107. The second-order valence-electron chi connectivity index (χ2n) is 5.86. The molecular formula is C14H20BNO3. The molecular weight excluding hydrogens is 241 g/mol. The van der Waals surface area contributed by atoms with Crippen molar-refractivity contribution in [2.24, 2.45) is 0 Å². The van der Waals surface area contributed by atoms with Crippen LogP contribution in [0.25, 0.3) is 0 Å². The van der Waals surface area contributed by atoms with E-state index < -0.39 is 7.12 Å². The Hall–Kier alpha value is -1.33. The molecule has 1 aromatic rings. The molecule has 0 aliphatic carbocycles. The van der Waals surface area contributed by atoms with E-state index in [1.807, 2.05) is 52.0 Å². The van der Waals surface area contributed by atoms with Crippen molar-refractivity contribution in [3.05, 3.63) is 24.3 Å². The third-order valence-electron chi connectivity index (χ3n) is 3.78. The molecule has 0 aromatic heterocycles. The summed E-state index contributed by atoms with van der Waals surface area (Å²) in [5, 5.41) is 2.81. The molecule has 0 atom stereocenters. The summed E-state index contributed by atoms with van der Waals surface area (Å²) in [5.41, 5.74) is 0.798. The molecule has 1 aliphatic rings. The van der Waals surface area contributed by atoms with Crippen LogP contribution in [-0.4, -0.2) is 24.2 Å². The van der Waals surface area contributed by atoms with Gasteiger partial charge < -0.3 is 14.6 Å². The first-order chi connectivity index (χ1) is 8.73. The van der Waals surface area contributed by atoms with E-state index in [0.717, 1.165) is 11.2 Å². The second kappa shape index (κ2) is 4.65. The summed E-state index contributed by atoms with van der Waals surface area (Å²) in [7, 11) is -0.465. The first-order valence-electron chi connectivity index (χ1n) is 6.45. The maximum atomic E-state index is 11.2. The lowest BCUT2D eigenvalue weighted by atomic mass is 9.78. The topological polar surface area (TPSA) is 47.6 Å². The molecule has 0 saturated carbocycles. The highest BCUT2D eigenvalue weighted by Crippen LogP contribution is 2.36. The van der Waals surface area contributed by atoms with E-state index in [4.69, 9.17) is 9.31 Å². The number of hydrogen-bond acceptors (Lipinski definition) is 3. The van der Waals surface area contributed by atoms with Crippen molar-refractivity contribution in [3.63, 3.8) is 0 Å². The molecule has 0 radical (unpaired) electrons. The predicted octanol–water partition coefficient (Wildman–Crippen LogP) is 1.94. The molecule has 0 unspecified atom stereocenters. The van der Waals surface area contributed by atoms with Crippen LogP contribution < -0.4 is 10.8 Å². The van der Waals surface area contributed by atoms with Crippen LogP contribution in [0.5, 0.6) is 0 Å². The number of amides is 1. The van der Waals surface area contributed by atoms with Crippen molar-refractivity contribution >= 4 is 24.2 Å². The minimum atomic E-state index is -0.465. The average Bonchev–Trinajstić information content (AvgIpc) is 2.48. The number of anilines is 1. The predicted molar refractivity (Wildman–Crippen MR) is 76.5 cm³/mol. The Labute approximate surface area is 114 Å². The number of carbonyl (C=O) groups excluding carboxylic acids is 1. The molecule has 0 bridgehead atoms. The van der Waals surface area contributed by atoms with Crippen LogP contribution in [0.1, 0.15) is 34.6 Å². The monoisotopic (exact) mass is 261 g/mol. The zero-order chi connectivity index (χ0) is 14.3. The zero-order valence-electron chi connectivity index (χ0n) is 12.1. The van der Waals surface area contributed by atoms with Gasteiger partial charge in [0.05, 0.1) is 11.2 Å². The highest BCUT2D eigenvalue weighted by molar-refractivity contribution is 6.64. The molecule has 1 amide bonds. The first kappa shape index (κ1) is 14.1. The van der Waals surface area contributed by atoms with Gasteiger partial charge in [0.1, 0.15) is 0 Å². The van der Waals surface area contributed by atoms with Gasteiger partial charge in [-0.3, -0.25) is 4.79 Å². The molecule has 102 valence electrons. The molecule has 1 saturated heterocycles. The summed E-state index contributed by atoms with van der Waals surface area (Å²) in [6.45, 7) is 9.52. The van der Waals surface area contributed by atoms with Gasteiger partial charge in [-0.05, 0) is 33.8 Å². The molecule has 1 heterocycles. The fourth-order valence-corrected chi connectivity index (χ4v) is 1.98. The van der Waals surface area contributed by atoms with Gasteiger partial charge in [-0.1, -0.05) is 18.2 Å². The fourth-order valence-electron chi connectivity index (χ4n) is 1.98. The van der Waals surface area contributed by atoms with Crippen LogP contribution in [0, 0.1) is 0 Å². The van der Waals surface area contributed by atoms with E-state index >= 15 is 0 Å². The van der Waals surface area contributed by atoms with Crippen molar-refractivity contribution in [1.29, 1.82) is 0 Å². The van der Waals surface area contributed by atoms with E-state index in [-0.39, 0.29) is 17.1 Å². The molecule has 1 fully saturated rings. The standard InChI is InChI=1S/C14H20BNO3/c1-10(17)16-12-9-7-6-8-11(12)15-18-13(2,3)14(4,5)19-15/h6-9H,1-5H3,(H,16,17). The largest absolute Gasteiger partial charge is 0.496 e. The first-order valence-corrected chi connectivity index (χ1v) is 6.45. The van der Waals surface area contributed by atoms with Gasteiger partial charge in [0.25, 0.3) is 0 Å². The highest BCUT2D eigenvalue weighted by atomic mass is 16.7. The summed E-state index contributed by atoms with van der Waals surface area (Å²) in [6.07, 6.45) is 0. The molecule has 19 heavy (non-hydrogen) atoms. The van der Waals surface area contributed by atoms with E-state index in [1.165, 1.54) is 6.92 Å². The van der Waals surface area contributed by atoms with Gasteiger partial charge >= 0.3 is 7.12 Å². The van der Waals surface area contributed by atoms with Crippen LogP contribution in [0.15, 0.2) is 24.3 Å². The van der Waals surface area contributed by atoms with Crippen molar-refractivity contribution in [3.8, 4) is 0 Å². The van der Waals surface area contributed by atoms with Gasteiger partial charge in [0.15, 0.2) is 0 Å². The number of nitrogens with one attached hydrogen (secondary N) is 1. The van der Waals surface area contributed by atoms with E-state index in [2.05, 4.69) is 5.32 Å². The maximum Gasteiger partial charge on any atom is 0.496 e. The minimum Gasteiger partial charge on any atom is -0.399 e. The van der Waals surface area contributed by atoms with Gasteiger partial charge in [0.2, 0.25) is 5.91 Å². The molecule has 0 spiro atoms. The van der Waals surface area contributed by atoms with Crippen molar-refractivity contribution in [1.82, 2.24) is 0 Å². The number of benzene rings is 1. The van der Waals surface area contributed by atoms with Gasteiger partial charge in [-0.25, -0.2) is 0 Å². The average molecular weight is 261 g/mol. The maximum absolute atomic E-state index is 11.2. The molecule has 1 N–H and O–H groups in total. The molecule has 4 nitrogen and oxygen atoms in total. The molecule has 5 heteroatoms. The van der Waals surface area contributed by atoms with Crippen LogP contribution >= 0.6 is 0 Å². The molecule has 2 rings (SSSR count). The fraction of sp³-hybridized carbons (Fsp3) is 0.500. The van der Waals surface area contributed by atoms with Gasteiger partial charge in [0, 0.05) is 18.1 Å². The quantitative estimate of drug-likeness (QED) is 0.827. The Morgan fingerprint density at radius 1 is 1.11 bits per heavy atom. The molecule has 1 aromatic carbocycles. The smallest absolute Gasteiger partial charge is 0.399 e. The van der Waals surface area contributed by atoms with Gasteiger partial charge in [-0.2, -0.15) is 0 Å². The summed E-state index contributed by atoms with van der Waals surface area (Å²) >= 11 is 0. The second-order valence-corrected chi connectivity index (χ2v) is 5.86. The Morgan fingerprint density at radius 3 is 2.16 bits per heavy atom. The number of rotatable bonds is 2. The molecule has 1 aliphatic heterocycles. The van der Waals surface area contributed by atoms with E-state index in [9.17, 15) is 4.79 Å². The summed E-state index contributed by atoms with van der Waals surface area (Å²) in [6, 6.07) is 7.54. The number of para-hydroxylation sites is 1. The highest BCUT2D eigenvalue weighted by Gasteiger charge is 2.52. The Kier molecular flexibility index (Phi) is 3.45. The lowest BCUT2D eigenvalue weighted by Gasteiger charge is -2.32. The Balaban J connectivity index is 2.32. The van der Waals surface area contributed by atoms with Crippen LogP contribution in [-0.2, 0) is 14.1 Å². The third kappa shape index (κ3) is 2.67. The van der Waals surface area contributed by atoms with Crippen LogP contribution in [0.3, 0.4) is 0 Å². The van der Waals surface area contributed by atoms with Gasteiger partial charge in [-0.15, -0.1) is 0 Å². The summed E-state index contributed by atoms with van der Waals surface area (Å²) < 4.78 is 12.0.